The van der Waals surface area contributed by atoms with E-state index in [1.807, 2.05) is 11.8 Å². The molecule has 1 fully saturated rings. The predicted octanol–water partition coefficient (Wildman–Crippen LogP) is 0.525. The molecule has 6 heteroatoms. The number of amidine groups is 1. The number of hydrogen-bond donors (Lipinski definition) is 3. The topological polar surface area (TPSA) is 87.7 Å². The van der Waals surface area contributed by atoms with Gasteiger partial charge in [-0.25, -0.2) is 0 Å². The average molecular weight is 231 g/mol. The van der Waals surface area contributed by atoms with E-state index in [0.29, 0.717) is 6.54 Å². The van der Waals surface area contributed by atoms with Crippen LogP contribution in [0.4, 0.5) is 0 Å². The molecule has 0 aromatic heterocycles. The Labute approximate surface area is 93.5 Å². The zero-order valence-electron chi connectivity index (χ0n) is 8.82. The minimum atomic E-state index is -0.195. The molecule has 1 amide bonds. The van der Waals surface area contributed by atoms with Crippen molar-refractivity contribution >= 4 is 23.5 Å². The number of amides is 1. The molecular formula is C9H17N3O2S. The smallest absolute Gasteiger partial charge is 0.227 e. The molecule has 86 valence electrons. The molecule has 1 unspecified atom stereocenters. The van der Waals surface area contributed by atoms with E-state index in [1.165, 1.54) is 6.42 Å². The molecule has 0 aliphatic carbocycles. The van der Waals surface area contributed by atoms with Crippen molar-refractivity contribution in [3.05, 3.63) is 0 Å². The van der Waals surface area contributed by atoms with Crippen LogP contribution in [0.5, 0.6) is 0 Å². The van der Waals surface area contributed by atoms with Gasteiger partial charge in [0.25, 0.3) is 0 Å². The number of carbonyl (C=O) groups is 1. The molecule has 1 saturated heterocycles. The van der Waals surface area contributed by atoms with Crippen LogP contribution in [-0.2, 0) is 4.79 Å². The van der Waals surface area contributed by atoms with Crippen molar-refractivity contribution in [2.75, 3.05) is 12.3 Å². The maximum Gasteiger partial charge on any atom is 0.227 e. The Morgan fingerprint density at radius 3 is 3.00 bits per heavy atom. The summed E-state index contributed by atoms with van der Waals surface area (Å²) in [6.07, 6.45) is 2.29. The van der Waals surface area contributed by atoms with Gasteiger partial charge in [-0.05, 0) is 25.5 Å². The Balaban J connectivity index is 2.27. The lowest BCUT2D eigenvalue weighted by Gasteiger charge is -2.22. The average Bonchev–Trinajstić information content (AvgIpc) is 2.63. The number of thioether (sulfide) groups is 1. The highest BCUT2D eigenvalue weighted by molar-refractivity contribution is 8.00. The molecule has 1 rings (SSSR count). The van der Waals surface area contributed by atoms with Crippen LogP contribution in [-0.4, -0.2) is 34.0 Å². The van der Waals surface area contributed by atoms with Gasteiger partial charge in [0.2, 0.25) is 5.91 Å². The minimum Gasteiger partial charge on any atom is -0.409 e. The van der Waals surface area contributed by atoms with Gasteiger partial charge in [0.1, 0.15) is 5.84 Å². The largest absolute Gasteiger partial charge is 0.409 e. The summed E-state index contributed by atoms with van der Waals surface area (Å²) >= 11 is 1.89. The third-order valence-corrected chi connectivity index (χ3v) is 3.97. The molecule has 0 radical (unpaired) electrons. The van der Waals surface area contributed by atoms with Crippen molar-refractivity contribution in [2.45, 2.75) is 30.9 Å². The number of rotatable bonds is 4. The summed E-state index contributed by atoms with van der Waals surface area (Å²) in [5.74, 6) is 0.905. The lowest BCUT2D eigenvalue weighted by Crippen LogP contribution is -2.38. The van der Waals surface area contributed by atoms with Crippen molar-refractivity contribution in [3.63, 3.8) is 0 Å². The summed E-state index contributed by atoms with van der Waals surface area (Å²) in [6.45, 7) is 2.80. The van der Waals surface area contributed by atoms with Crippen LogP contribution in [0.3, 0.4) is 0 Å². The number of nitrogens with two attached hydrogens (primary N) is 1. The van der Waals surface area contributed by atoms with E-state index in [4.69, 9.17) is 10.9 Å². The molecule has 0 aromatic carbocycles. The zero-order chi connectivity index (χ0) is 11.3. The van der Waals surface area contributed by atoms with Crippen LogP contribution in [0, 0.1) is 0 Å². The Kier molecular flexibility index (Phi) is 4.26. The molecule has 5 nitrogen and oxygen atoms in total. The number of oxime groups is 1. The first-order valence-corrected chi connectivity index (χ1v) is 5.91. The van der Waals surface area contributed by atoms with Gasteiger partial charge in [-0.2, -0.15) is 11.8 Å². The van der Waals surface area contributed by atoms with Gasteiger partial charge in [0, 0.05) is 11.3 Å². The molecule has 0 spiro atoms. The van der Waals surface area contributed by atoms with Gasteiger partial charge >= 0.3 is 0 Å². The summed E-state index contributed by atoms with van der Waals surface area (Å²) in [7, 11) is 0. The van der Waals surface area contributed by atoms with Crippen LogP contribution in [0.25, 0.3) is 0 Å². The van der Waals surface area contributed by atoms with Crippen molar-refractivity contribution in [3.8, 4) is 0 Å². The van der Waals surface area contributed by atoms with Gasteiger partial charge in [-0.3, -0.25) is 4.79 Å². The van der Waals surface area contributed by atoms with Crippen LogP contribution >= 0.6 is 11.8 Å². The summed E-state index contributed by atoms with van der Waals surface area (Å²) in [4.78, 5) is 11.3. The number of hydrogen-bond acceptors (Lipinski definition) is 4. The Bertz CT molecular complexity index is 262. The number of carbonyl (C=O) groups excluding carboxylic acids is 1. The fourth-order valence-electron chi connectivity index (χ4n) is 1.52. The third kappa shape index (κ3) is 3.99. The monoisotopic (exact) mass is 231 g/mol. The molecule has 1 aliphatic heterocycles. The fraction of sp³-hybridized carbons (Fsp3) is 0.778. The summed E-state index contributed by atoms with van der Waals surface area (Å²) in [5, 5.41) is 13.8. The quantitative estimate of drug-likeness (QED) is 0.285. The van der Waals surface area contributed by atoms with Crippen molar-refractivity contribution in [1.82, 2.24) is 5.32 Å². The molecule has 1 atom stereocenters. The highest BCUT2D eigenvalue weighted by Crippen LogP contribution is 2.36. The first kappa shape index (κ1) is 12.2. The normalized spacial score (nSPS) is 26.6. The maximum absolute atomic E-state index is 11.3. The molecule has 0 aromatic rings. The van der Waals surface area contributed by atoms with E-state index in [0.717, 1.165) is 12.2 Å². The Morgan fingerprint density at radius 2 is 2.47 bits per heavy atom. The van der Waals surface area contributed by atoms with Gasteiger partial charge in [0.05, 0.1) is 6.42 Å². The summed E-state index contributed by atoms with van der Waals surface area (Å²) < 4.78 is 0.154. The van der Waals surface area contributed by atoms with E-state index >= 15 is 0 Å². The lowest BCUT2D eigenvalue weighted by molar-refractivity contribution is -0.120. The fourth-order valence-corrected chi connectivity index (χ4v) is 2.77. The second-order valence-electron chi connectivity index (χ2n) is 3.95. The molecular weight excluding hydrogens is 214 g/mol. The molecule has 15 heavy (non-hydrogen) atoms. The molecule has 0 bridgehead atoms. The third-order valence-electron chi connectivity index (χ3n) is 2.43. The van der Waals surface area contributed by atoms with E-state index in [2.05, 4.69) is 17.4 Å². The molecule has 1 aliphatic rings. The number of nitrogens with one attached hydrogen (secondary N) is 1. The predicted molar refractivity (Wildman–Crippen MR) is 61.1 cm³/mol. The summed E-state index contributed by atoms with van der Waals surface area (Å²) in [5.41, 5.74) is 5.22. The second kappa shape index (κ2) is 5.25. The molecule has 4 N–H and O–H groups in total. The van der Waals surface area contributed by atoms with Crippen LogP contribution in [0.2, 0.25) is 0 Å². The van der Waals surface area contributed by atoms with E-state index in [9.17, 15) is 4.79 Å². The Morgan fingerprint density at radius 1 is 1.73 bits per heavy atom. The molecule has 0 saturated carbocycles. The lowest BCUT2D eigenvalue weighted by atomic mass is 10.1. The van der Waals surface area contributed by atoms with Crippen LogP contribution < -0.4 is 11.1 Å². The first-order valence-electron chi connectivity index (χ1n) is 4.93. The van der Waals surface area contributed by atoms with E-state index < -0.39 is 0 Å². The van der Waals surface area contributed by atoms with Gasteiger partial charge in [0.15, 0.2) is 0 Å². The SMILES string of the molecule is CC1(CNC(=O)CC(N)=NO)CCCS1. The van der Waals surface area contributed by atoms with Crippen molar-refractivity contribution < 1.29 is 10.0 Å². The maximum atomic E-state index is 11.3. The molecule has 1 heterocycles. The Hall–Kier alpha value is -0.910. The van der Waals surface area contributed by atoms with Gasteiger partial charge < -0.3 is 16.3 Å². The van der Waals surface area contributed by atoms with E-state index in [-0.39, 0.29) is 22.9 Å². The van der Waals surface area contributed by atoms with Gasteiger partial charge in [-0.1, -0.05) is 5.16 Å². The van der Waals surface area contributed by atoms with Crippen LogP contribution in [0.1, 0.15) is 26.2 Å². The second-order valence-corrected chi connectivity index (χ2v) is 5.63. The highest BCUT2D eigenvalue weighted by atomic mass is 32.2. The highest BCUT2D eigenvalue weighted by Gasteiger charge is 2.29. The van der Waals surface area contributed by atoms with Crippen molar-refractivity contribution in [1.29, 1.82) is 0 Å². The van der Waals surface area contributed by atoms with E-state index in [1.54, 1.807) is 0 Å². The first-order chi connectivity index (χ1) is 7.06. The van der Waals surface area contributed by atoms with Crippen molar-refractivity contribution in [2.24, 2.45) is 10.9 Å². The summed E-state index contributed by atoms with van der Waals surface area (Å²) in [6, 6.07) is 0. The number of nitrogens with zero attached hydrogens (tertiary/aromatic N) is 1. The zero-order valence-corrected chi connectivity index (χ0v) is 9.64. The standard InChI is InChI=1S/C9H17N3O2S/c1-9(3-2-4-15-9)6-11-8(13)5-7(10)12-14/h14H,2-6H2,1H3,(H2,10,12)(H,11,13). The minimum absolute atomic E-state index is 0.0444. The van der Waals surface area contributed by atoms with Gasteiger partial charge in [-0.15, -0.1) is 0 Å². The van der Waals surface area contributed by atoms with Crippen LogP contribution in [0.15, 0.2) is 5.16 Å².